The van der Waals surface area contributed by atoms with Gasteiger partial charge in [0.1, 0.15) is 0 Å². The fourth-order valence-electron chi connectivity index (χ4n) is 18.0. The maximum absolute atomic E-state index is 5.27. The summed E-state index contributed by atoms with van der Waals surface area (Å²) in [7, 11) is 0. The minimum absolute atomic E-state index is 0.629. The molecule has 0 N–H and O–H groups in total. The normalized spacial score (nSPS) is 11.5. The van der Waals surface area contributed by atoms with Crippen LogP contribution in [0.2, 0.25) is 0 Å². The maximum atomic E-state index is 5.27. The highest BCUT2D eigenvalue weighted by molar-refractivity contribution is 6.19. The van der Waals surface area contributed by atoms with Crippen LogP contribution in [0.4, 0.5) is 0 Å². The standard InChI is InChI=1S/C39H28N4.2C38H27N5/c1-2-43-36-16-10-9-15-31(36)32-23-21-29-22-24-33(40-37(29)38(32)43)28-17-19-30(20-18-28)39-41-34(26-11-5-3-6-12-26)25-35(42-39)27-13-7-4-8-14-27;1-2-43-33-19-10-9-18-30(33)31-22-20-25-21-23-32(39-34(25)35(31)43)28-16-11-17-29(24-28)38-41-36(26-12-5-3-6-13-26)40-37(42-38)27-14-7-4-8-15-27;1-2-43-33-16-10-9-15-30(33)31-23-21-26-22-24-32(39-34(26)35(31)43)25-17-19-29(20-18-25)38-41-36(27-11-5-3-6-12-27)40-37(42-38)28-13-7-4-8-14-28/h3-25H,2H2,1H3;2*3-24H,2H2,1H3. The van der Waals surface area contributed by atoms with Crippen LogP contribution in [-0.2, 0) is 19.6 Å². The van der Waals surface area contributed by atoms with Crippen molar-refractivity contribution in [3.63, 3.8) is 0 Å². The van der Waals surface area contributed by atoms with E-state index >= 15 is 0 Å². The minimum Gasteiger partial charge on any atom is -0.339 e. The van der Waals surface area contributed by atoms with E-state index in [4.69, 9.17) is 54.8 Å². The van der Waals surface area contributed by atoms with Gasteiger partial charge in [0.15, 0.2) is 40.8 Å². The van der Waals surface area contributed by atoms with Gasteiger partial charge in [-0.25, -0.2) is 54.8 Å². The molecule has 0 aliphatic rings. The van der Waals surface area contributed by atoms with Crippen LogP contribution in [0.15, 0.2) is 406 Å². The molecular weight excluding hydrogens is 1580 g/mol. The Hall–Kier alpha value is -17.0. The van der Waals surface area contributed by atoms with E-state index in [1.807, 2.05) is 164 Å². The van der Waals surface area contributed by atoms with Gasteiger partial charge in [0.05, 0.1) is 61.6 Å². The van der Waals surface area contributed by atoms with Gasteiger partial charge in [0.25, 0.3) is 0 Å². The number of para-hydroxylation sites is 3. The first-order valence-electron chi connectivity index (χ1n) is 43.8. The summed E-state index contributed by atoms with van der Waals surface area (Å²) >= 11 is 0. The van der Waals surface area contributed by atoms with Gasteiger partial charge < -0.3 is 13.7 Å². The minimum atomic E-state index is 0.629. The molecule has 9 aromatic heterocycles. The zero-order valence-electron chi connectivity index (χ0n) is 71.1. The number of aromatic nitrogens is 14. The second-order valence-corrected chi connectivity index (χ2v) is 32.0. The summed E-state index contributed by atoms with van der Waals surface area (Å²) in [5.41, 5.74) is 26.8. The number of hydrogen-bond donors (Lipinski definition) is 0. The number of benzene rings is 15. The SMILES string of the molecule is CCn1c2ccccc2c2ccc3ccc(-c4ccc(-c5nc(-c6ccccc6)cc(-c6ccccc6)n5)cc4)nc3c21.CCn1c2ccccc2c2ccc3ccc(-c4ccc(-c5nc(-c6ccccc6)nc(-c6ccccc6)n5)cc4)nc3c21.CCn1c2ccccc2c2ccc3ccc(-c4cccc(-c5nc(-c6ccccc6)nc(-c6ccccc6)n5)c4)nc3c21. The highest BCUT2D eigenvalue weighted by Crippen LogP contribution is 2.41. The third-order valence-corrected chi connectivity index (χ3v) is 24.3. The molecule has 14 nitrogen and oxygen atoms in total. The lowest BCUT2D eigenvalue weighted by Gasteiger charge is -2.10. The van der Waals surface area contributed by atoms with Gasteiger partial charge in [-0.2, -0.15) is 0 Å². The van der Waals surface area contributed by atoms with Crippen LogP contribution in [0.5, 0.6) is 0 Å². The van der Waals surface area contributed by atoms with Crippen LogP contribution >= 0.6 is 0 Å². The van der Waals surface area contributed by atoms with Crippen molar-refractivity contribution in [1.82, 2.24) is 68.5 Å². The van der Waals surface area contributed by atoms with Crippen LogP contribution < -0.4 is 0 Å². The summed E-state index contributed by atoms with van der Waals surface area (Å²) in [5.74, 6) is 4.57. The van der Waals surface area contributed by atoms with Gasteiger partial charge in [-0.1, -0.05) is 358 Å². The predicted molar refractivity (Wildman–Crippen MR) is 529 cm³/mol. The van der Waals surface area contributed by atoms with Gasteiger partial charge >= 0.3 is 0 Å². The molecule has 0 unspecified atom stereocenters. The van der Waals surface area contributed by atoms with Gasteiger partial charge in [0, 0.05) is 151 Å². The Kier molecular flexibility index (Phi) is 20.5. The first-order chi connectivity index (χ1) is 63.8. The Morgan fingerprint density at radius 3 is 0.713 bits per heavy atom. The Labute approximate surface area is 744 Å². The topological polar surface area (TPSA) is 157 Å². The lowest BCUT2D eigenvalue weighted by molar-refractivity contribution is 0.829. The predicted octanol–water partition coefficient (Wildman–Crippen LogP) is 28.3. The Morgan fingerprint density at radius 1 is 0.163 bits per heavy atom. The highest BCUT2D eigenvalue weighted by Gasteiger charge is 2.22. The first kappa shape index (κ1) is 78.0. The van der Waals surface area contributed by atoms with E-state index in [2.05, 4.69) is 277 Å². The van der Waals surface area contributed by atoms with Crippen molar-refractivity contribution in [3.05, 3.63) is 406 Å². The van der Waals surface area contributed by atoms with Crippen LogP contribution in [0.3, 0.4) is 0 Å². The monoisotopic (exact) mass is 1660 g/mol. The summed E-state index contributed by atoms with van der Waals surface area (Å²) in [6, 6.07) is 140. The van der Waals surface area contributed by atoms with Crippen LogP contribution in [-0.4, -0.2) is 68.5 Å². The van der Waals surface area contributed by atoms with Crippen molar-refractivity contribution in [3.8, 4) is 136 Å². The fraction of sp³-hybridized carbons (Fsp3) is 0.0522. The molecule has 129 heavy (non-hydrogen) atoms. The molecule has 0 radical (unpaired) electrons. The van der Waals surface area contributed by atoms with E-state index in [9.17, 15) is 0 Å². The summed E-state index contributed by atoms with van der Waals surface area (Å²) in [4.78, 5) is 55.0. The molecule has 0 aliphatic carbocycles. The van der Waals surface area contributed by atoms with E-state index in [0.29, 0.717) is 40.8 Å². The number of pyridine rings is 3. The Balaban J connectivity index is 0.000000114. The lowest BCUT2D eigenvalue weighted by Crippen LogP contribution is -2.00. The zero-order valence-corrected chi connectivity index (χ0v) is 71.1. The molecule has 0 saturated carbocycles. The van der Waals surface area contributed by atoms with Gasteiger partial charge in [-0.05, 0) is 69.3 Å². The zero-order chi connectivity index (χ0) is 86.3. The third kappa shape index (κ3) is 14.9. The first-order valence-corrected chi connectivity index (χ1v) is 43.8. The molecule has 0 fully saturated rings. The molecule has 9 heterocycles. The molecule has 0 spiro atoms. The molecule has 24 rings (SSSR count). The molecule has 0 saturated heterocycles. The van der Waals surface area contributed by atoms with E-state index < -0.39 is 0 Å². The second kappa shape index (κ2) is 33.9. The van der Waals surface area contributed by atoms with E-state index in [1.54, 1.807) is 0 Å². The molecule has 0 aliphatic heterocycles. The van der Waals surface area contributed by atoms with E-state index in [-0.39, 0.29) is 0 Å². The maximum Gasteiger partial charge on any atom is 0.164 e. The van der Waals surface area contributed by atoms with Gasteiger partial charge in [-0.15, -0.1) is 0 Å². The van der Waals surface area contributed by atoms with Gasteiger partial charge in [-0.3, -0.25) is 0 Å². The van der Waals surface area contributed by atoms with Crippen LogP contribution in [0.1, 0.15) is 20.8 Å². The summed E-state index contributed by atoms with van der Waals surface area (Å²) < 4.78 is 7.14. The molecule has 612 valence electrons. The van der Waals surface area contributed by atoms with Crippen molar-refractivity contribution in [2.24, 2.45) is 0 Å². The van der Waals surface area contributed by atoms with Gasteiger partial charge in [0.2, 0.25) is 0 Å². The molecule has 0 amide bonds. The number of hydrogen-bond acceptors (Lipinski definition) is 11. The molecule has 24 aromatic rings. The number of nitrogens with zero attached hydrogens (tertiary/aromatic N) is 14. The average molecular weight is 1660 g/mol. The molecule has 14 heteroatoms. The van der Waals surface area contributed by atoms with Crippen molar-refractivity contribution in [2.75, 3.05) is 0 Å². The second-order valence-electron chi connectivity index (χ2n) is 32.0. The molecule has 0 atom stereocenters. The van der Waals surface area contributed by atoms with Crippen molar-refractivity contribution in [2.45, 2.75) is 40.4 Å². The van der Waals surface area contributed by atoms with Crippen LogP contribution in [0, 0.1) is 0 Å². The van der Waals surface area contributed by atoms with Crippen molar-refractivity contribution >= 4 is 98.1 Å². The van der Waals surface area contributed by atoms with Crippen molar-refractivity contribution < 1.29 is 0 Å². The Morgan fingerprint density at radius 2 is 0.395 bits per heavy atom. The van der Waals surface area contributed by atoms with Crippen LogP contribution in [0.25, 0.3) is 234 Å². The number of rotatable bonds is 15. The average Bonchev–Trinajstić information content (AvgIpc) is 1.60. The molecule has 15 aromatic carbocycles. The number of aryl methyl sites for hydroxylation is 3. The third-order valence-electron chi connectivity index (χ3n) is 24.3. The molecular formula is C115H82N14. The van der Waals surface area contributed by atoms with E-state index in [0.717, 1.165) is 148 Å². The fourth-order valence-corrected chi connectivity index (χ4v) is 18.0. The number of fused-ring (bicyclic) bond motifs is 15. The van der Waals surface area contributed by atoms with Crippen molar-refractivity contribution in [1.29, 1.82) is 0 Å². The summed E-state index contributed by atoms with van der Waals surface area (Å²) in [5, 5.41) is 10.9. The quantitative estimate of drug-likeness (QED) is 0.0962. The highest BCUT2D eigenvalue weighted by atomic mass is 15.1. The van der Waals surface area contributed by atoms with E-state index in [1.165, 1.54) is 65.4 Å². The largest absolute Gasteiger partial charge is 0.339 e. The molecule has 0 bridgehead atoms. The smallest absolute Gasteiger partial charge is 0.164 e. The summed E-state index contributed by atoms with van der Waals surface area (Å²) in [6.45, 7) is 9.23. The summed E-state index contributed by atoms with van der Waals surface area (Å²) in [6.07, 6.45) is 0. The lowest BCUT2D eigenvalue weighted by atomic mass is 10.0. The Bertz CT molecular complexity index is 7830.